The summed E-state index contributed by atoms with van der Waals surface area (Å²) in [6.45, 7) is 5.25. The summed E-state index contributed by atoms with van der Waals surface area (Å²) in [6, 6.07) is -0.0357. The first-order chi connectivity index (χ1) is 10.2. The van der Waals surface area contributed by atoms with E-state index in [0.29, 0.717) is 11.3 Å². The highest BCUT2D eigenvalue weighted by molar-refractivity contribution is 8.01. The lowest BCUT2D eigenvalue weighted by Crippen LogP contribution is -2.70. The molecule has 3 rings (SSSR count). The minimum absolute atomic E-state index is 0.347. The van der Waals surface area contributed by atoms with Gasteiger partial charge in [0.25, 0.3) is 5.91 Å². The molecule has 0 spiro atoms. The number of amides is 2. The second-order valence-electron chi connectivity index (χ2n) is 5.94. The number of aliphatic carboxylic acids is 1. The van der Waals surface area contributed by atoms with Gasteiger partial charge in [0.1, 0.15) is 23.2 Å². The molecule has 3 heterocycles. The van der Waals surface area contributed by atoms with Gasteiger partial charge in [0.2, 0.25) is 5.91 Å². The predicted molar refractivity (Wildman–Crippen MR) is 78.4 cm³/mol. The molecule has 0 unspecified atom stereocenters. The number of β-lactam (4-membered cyclic amide) rings is 1. The molecule has 2 amide bonds. The summed E-state index contributed by atoms with van der Waals surface area (Å²) >= 11 is 1.40. The van der Waals surface area contributed by atoms with Gasteiger partial charge in [-0.3, -0.25) is 9.59 Å². The molecule has 2 aliphatic heterocycles. The lowest BCUT2D eigenvalue weighted by Gasteiger charge is -2.43. The van der Waals surface area contributed by atoms with Gasteiger partial charge in [-0.15, -0.1) is 11.8 Å². The first kappa shape index (κ1) is 15.0. The van der Waals surface area contributed by atoms with Crippen LogP contribution < -0.4 is 5.32 Å². The third kappa shape index (κ3) is 2.01. The number of carbonyl (C=O) groups is 3. The Bertz CT molecular complexity index is 668. The highest BCUT2D eigenvalue weighted by Gasteiger charge is 2.64. The first-order valence-electron chi connectivity index (χ1n) is 6.82. The van der Waals surface area contributed by atoms with Crippen LogP contribution in [0.15, 0.2) is 16.7 Å². The number of aryl methyl sites for hydroxylation is 1. The Morgan fingerprint density at radius 2 is 2.14 bits per heavy atom. The van der Waals surface area contributed by atoms with Crippen molar-refractivity contribution in [3.05, 3.63) is 23.7 Å². The molecular weight excluding hydrogens is 308 g/mol. The van der Waals surface area contributed by atoms with E-state index in [2.05, 4.69) is 5.32 Å². The van der Waals surface area contributed by atoms with E-state index >= 15 is 0 Å². The molecule has 0 aliphatic carbocycles. The molecule has 7 nitrogen and oxygen atoms in total. The van der Waals surface area contributed by atoms with Gasteiger partial charge in [-0.2, -0.15) is 0 Å². The monoisotopic (exact) mass is 324 g/mol. The summed E-state index contributed by atoms with van der Waals surface area (Å²) in [5.41, 5.74) is 0.378. The number of nitrogens with zero attached hydrogens (tertiary/aromatic N) is 1. The van der Waals surface area contributed by atoms with E-state index in [1.165, 1.54) is 29.0 Å². The van der Waals surface area contributed by atoms with Crippen molar-refractivity contribution in [2.75, 3.05) is 0 Å². The Hall–Kier alpha value is -1.96. The average molecular weight is 324 g/mol. The minimum atomic E-state index is -1.02. The quantitative estimate of drug-likeness (QED) is 0.799. The molecular formula is C14H16N2O5S. The SMILES string of the molecule is Cc1occc1C(=O)N[C@H]1C(=O)N2[C@@H]1SC(C)(C)[C@H]2C(=O)O. The number of carboxylic acids is 1. The lowest BCUT2D eigenvalue weighted by molar-refractivity contribution is -0.159. The summed E-state index contributed by atoms with van der Waals surface area (Å²) < 4.78 is 4.47. The number of fused-ring (bicyclic) bond motifs is 1. The van der Waals surface area contributed by atoms with Crippen LogP contribution >= 0.6 is 11.8 Å². The Balaban J connectivity index is 1.77. The van der Waals surface area contributed by atoms with E-state index in [4.69, 9.17) is 4.42 Å². The summed E-state index contributed by atoms with van der Waals surface area (Å²) in [7, 11) is 0. The number of thioether (sulfide) groups is 1. The molecule has 22 heavy (non-hydrogen) atoms. The Morgan fingerprint density at radius 3 is 2.68 bits per heavy atom. The molecule has 0 saturated carbocycles. The minimum Gasteiger partial charge on any atom is -0.480 e. The maximum absolute atomic E-state index is 12.2. The van der Waals surface area contributed by atoms with Crippen LogP contribution in [0, 0.1) is 6.92 Å². The van der Waals surface area contributed by atoms with Crippen molar-refractivity contribution in [3.8, 4) is 0 Å². The van der Waals surface area contributed by atoms with Crippen LogP contribution in [0.25, 0.3) is 0 Å². The van der Waals surface area contributed by atoms with Crippen LogP contribution in [0.3, 0.4) is 0 Å². The van der Waals surface area contributed by atoms with E-state index in [9.17, 15) is 19.5 Å². The highest BCUT2D eigenvalue weighted by Crippen LogP contribution is 2.50. The topological polar surface area (TPSA) is 99.9 Å². The Kier molecular flexibility index (Phi) is 3.24. The first-order valence-corrected chi connectivity index (χ1v) is 7.70. The van der Waals surface area contributed by atoms with Crippen LogP contribution in [-0.2, 0) is 9.59 Å². The summed E-state index contributed by atoms with van der Waals surface area (Å²) in [4.78, 5) is 37.2. The van der Waals surface area contributed by atoms with Crippen molar-refractivity contribution in [3.63, 3.8) is 0 Å². The van der Waals surface area contributed by atoms with Gasteiger partial charge >= 0.3 is 5.97 Å². The summed E-state index contributed by atoms with van der Waals surface area (Å²) in [5.74, 6) is -1.29. The standard InChI is InChI=1S/C14H16N2O5S/c1-6-7(4-5-21-6)10(17)15-8-11(18)16-9(13(19)20)14(2,3)22-12(8)16/h4-5,8-9,12H,1-3H3,(H,15,17)(H,19,20)/t8-,9+,12+/m0/s1. The van der Waals surface area contributed by atoms with E-state index in [1.807, 2.05) is 0 Å². The largest absolute Gasteiger partial charge is 0.480 e. The third-order valence-corrected chi connectivity index (χ3v) is 5.64. The number of carboxylic acid groups (broad SMARTS) is 1. The molecule has 0 aromatic carbocycles. The van der Waals surface area contributed by atoms with Gasteiger partial charge in [-0.1, -0.05) is 0 Å². The summed E-state index contributed by atoms with van der Waals surface area (Å²) in [6.07, 6.45) is 1.41. The van der Waals surface area contributed by atoms with Crippen LogP contribution in [0.2, 0.25) is 0 Å². The van der Waals surface area contributed by atoms with Crippen molar-refractivity contribution in [1.29, 1.82) is 0 Å². The fourth-order valence-electron chi connectivity index (χ4n) is 2.98. The second-order valence-corrected chi connectivity index (χ2v) is 7.71. The van der Waals surface area contributed by atoms with Crippen LogP contribution in [0.1, 0.15) is 30.0 Å². The van der Waals surface area contributed by atoms with Gasteiger partial charge in [-0.25, -0.2) is 4.79 Å². The maximum atomic E-state index is 12.2. The average Bonchev–Trinajstić information content (AvgIpc) is 2.95. The fraction of sp³-hybridized carbons (Fsp3) is 0.500. The number of nitrogens with one attached hydrogen (secondary N) is 1. The number of hydrogen-bond acceptors (Lipinski definition) is 5. The molecule has 0 radical (unpaired) electrons. The van der Waals surface area contributed by atoms with Gasteiger partial charge in [-0.05, 0) is 26.8 Å². The zero-order valence-corrected chi connectivity index (χ0v) is 13.1. The Morgan fingerprint density at radius 1 is 1.45 bits per heavy atom. The molecule has 118 valence electrons. The van der Waals surface area contributed by atoms with Crippen LogP contribution in [-0.4, -0.2) is 50.0 Å². The van der Waals surface area contributed by atoms with Crippen molar-refractivity contribution < 1.29 is 23.9 Å². The maximum Gasteiger partial charge on any atom is 0.327 e. The molecule has 1 aromatic heterocycles. The molecule has 2 N–H and O–H groups in total. The van der Waals surface area contributed by atoms with Gasteiger partial charge in [0.05, 0.1) is 11.8 Å². The second kappa shape index (κ2) is 4.77. The number of rotatable bonds is 3. The smallest absolute Gasteiger partial charge is 0.327 e. The van der Waals surface area contributed by atoms with Gasteiger partial charge in [0, 0.05) is 4.75 Å². The van der Waals surface area contributed by atoms with E-state index in [-0.39, 0.29) is 17.2 Å². The van der Waals surface area contributed by atoms with Crippen molar-refractivity contribution in [1.82, 2.24) is 10.2 Å². The third-order valence-electron chi connectivity index (χ3n) is 4.06. The molecule has 8 heteroatoms. The van der Waals surface area contributed by atoms with Gasteiger partial charge < -0.3 is 19.7 Å². The molecule has 2 saturated heterocycles. The fourth-order valence-corrected chi connectivity index (χ4v) is 4.61. The zero-order chi connectivity index (χ0) is 16.2. The van der Waals surface area contributed by atoms with Crippen molar-refractivity contribution >= 4 is 29.5 Å². The predicted octanol–water partition coefficient (Wildman–Crippen LogP) is 0.833. The van der Waals surface area contributed by atoms with Crippen molar-refractivity contribution in [2.24, 2.45) is 0 Å². The molecule has 2 fully saturated rings. The van der Waals surface area contributed by atoms with Crippen molar-refractivity contribution in [2.45, 2.75) is 43.0 Å². The van der Waals surface area contributed by atoms with E-state index in [0.717, 1.165) is 0 Å². The summed E-state index contributed by atoms with van der Waals surface area (Å²) in [5, 5.41) is 11.7. The highest BCUT2D eigenvalue weighted by atomic mass is 32.2. The molecule has 1 aromatic rings. The number of furan rings is 1. The number of hydrogen-bond donors (Lipinski definition) is 2. The Labute approximate surface area is 131 Å². The van der Waals surface area contributed by atoms with Crippen LogP contribution in [0.4, 0.5) is 0 Å². The lowest BCUT2D eigenvalue weighted by atomic mass is 9.96. The van der Waals surface area contributed by atoms with Crippen LogP contribution in [0.5, 0.6) is 0 Å². The normalized spacial score (nSPS) is 29.0. The molecule has 2 aliphatic rings. The zero-order valence-electron chi connectivity index (χ0n) is 12.3. The van der Waals surface area contributed by atoms with E-state index in [1.54, 1.807) is 20.8 Å². The molecule has 3 atom stereocenters. The molecule has 0 bridgehead atoms. The van der Waals surface area contributed by atoms with Gasteiger partial charge in [0.15, 0.2) is 0 Å². The number of carbonyl (C=O) groups excluding carboxylic acids is 2. The van der Waals surface area contributed by atoms with E-state index < -0.39 is 22.8 Å².